The second-order valence-corrected chi connectivity index (χ2v) is 7.98. The number of fused-ring (bicyclic) bond motifs is 5. The lowest BCUT2D eigenvalue weighted by molar-refractivity contribution is 1.77. The van der Waals surface area contributed by atoms with E-state index >= 15 is 0 Å². The van der Waals surface area contributed by atoms with Crippen molar-refractivity contribution >= 4 is 54.4 Å². The highest BCUT2D eigenvalue weighted by atomic mass is 32.1. The van der Waals surface area contributed by atoms with E-state index in [0.717, 1.165) is 0 Å². The Bertz CT molecular complexity index is 1460. The third kappa shape index (κ3) is 2.22. The van der Waals surface area contributed by atoms with Gasteiger partial charge in [-0.2, -0.15) is 0 Å². The molecule has 0 aliphatic heterocycles. The van der Waals surface area contributed by atoms with Crippen molar-refractivity contribution in [3.63, 3.8) is 0 Å². The van der Waals surface area contributed by atoms with Crippen LogP contribution in [0.15, 0.2) is 96.4 Å². The molecule has 27 heavy (non-hydrogen) atoms. The monoisotopic (exact) mass is 360 g/mol. The molecule has 1 heteroatoms. The molecule has 5 aromatic carbocycles. The Morgan fingerprint density at radius 1 is 0.444 bits per heavy atom. The highest BCUT2D eigenvalue weighted by molar-refractivity contribution is 7.13. The molecule has 0 saturated heterocycles. The van der Waals surface area contributed by atoms with Crippen LogP contribution in [-0.2, 0) is 0 Å². The fourth-order valence-electron chi connectivity index (χ4n) is 4.25. The summed E-state index contributed by atoms with van der Waals surface area (Å²) in [5, 5.41) is 12.7. The van der Waals surface area contributed by atoms with Crippen molar-refractivity contribution in [1.82, 2.24) is 0 Å². The van der Waals surface area contributed by atoms with Crippen molar-refractivity contribution < 1.29 is 0 Å². The fraction of sp³-hybridized carbons (Fsp3) is 0. The number of hydrogen-bond acceptors (Lipinski definition) is 1. The van der Waals surface area contributed by atoms with Crippen LogP contribution in [0.3, 0.4) is 0 Å². The largest absolute Gasteiger partial charge is 0.144 e. The maximum absolute atomic E-state index is 2.36. The second-order valence-electron chi connectivity index (χ2n) is 7.03. The van der Waals surface area contributed by atoms with Crippen LogP contribution < -0.4 is 0 Å². The Morgan fingerprint density at radius 2 is 1.15 bits per heavy atom. The third-order valence-corrected chi connectivity index (χ3v) is 6.38. The van der Waals surface area contributed by atoms with Crippen molar-refractivity contribution in [2.75, 3.05) is 0 Å². The summed E-state index contributed by atoms with van der Waals surface area (Å²) in [6.07, 6.45) is 0. The van der Waals surface area contributed by atoms with Crippen molar-refractivity contribution in [3.05, 3.63) is 96.4 Å². The minimum absolute atomic E-state index is 1.29. The molecule has 0 nitrogen and oxygen atoms in total. The van der Waals surface area contributed by atoms with Gasteiger partial charge in [0, 0.05) is 10.4 Å². The van der Waals surface area contributed by atoms with Gasteiger partial charge in [-0.1, -0.05) is 66.7 Å². The first kappa shape index (κ1) is 15.0. The molecule has 0 aliphatic carbocycles. The molecular weight excluding hydrogens is 344 g/mol. The minimum Gasteiger partial charge on any atom is -0.144 e. The third-order valence-electron chi connectivity index (χ3n) is 5.49. The van der Waals surface area contributed by atoms with E-state index in [2.05, 4.69) is 96.4 Å². The van der Waals surface area contributed by atoms with Gasteiger partial charge in [-0.3, -0.25) is 0 Å². The highest BCUT2D eigenvalue weighted by Gasteiger charge is 2.13. The lowest BCUT2D eigenvalue weighted by Crippen LogP contribution is -1.85. The van der Waals surface area contributed by atoms with Gasteiger partial charge in [0.15, 0.2) is 0 Å². The zero-order valence-corrected chi connectivity index (χ0v) is 15.5. The summed E-state index contributed by atoms with van der Waals surface area (Å²) in [6, 6.07) is 33.3. The molecule has 0 N–H and O–H groups in total. The quantitative estimate of drug-likeness (QED) is 0.206. The zero-order valence-electron chi connectivity index (χ0n) is 14.6. The van der Waals surface area contributed by atoms with Crippen LogP contribution in [-0.4, -0.2) is 0 Å². The smallest absolute Gasteiger partial charge is 0.0355 e. The van der Waals surface area contributed by atoms with Crippen LogP contribution in [0.4, 0.5) is 0 Å². The summed E-state index contributed by atoms with van der Waals surface area (Å²) < 4.78 is 0. The lowest BCUT2D eigenvalue weighted by atomic mass is 9.91. The molecule has 6 rings (SSSR count). The van der Waals surface area contributed by atoms with Gasteiger partial charge < -0.3 is 0 Å². The molecule has 6 aromatic rings. The first-order valence-electron chi connectivity index (χ1n) is 9.19. The van der Waals surface area contributed by atoms with Crippen LogP contribution in [0.25, 0.3) is 53.5 Å². The average Bonchev–Trinajstić information content (AvgIpc) is 3.25. The molecule has 1 heterocycles. The minimum atomic E-state index is 1.29. The van der Waals surface area contributed by atoms with Crippen molar-refractivity contribution in [3.8, 4) is 10.4 Å². The van der Waals surface area contributed by atoms with E-state index in [9.17, 15) is 0 Å². The van der Waals surface area contributed by atoms with Crippen molar-refractivity contribution in [2.45, 2.75) is 0 Å². The average molecular weight is 360 g/mol. The summed E-state index contributed by atoms with van der Waals surface area (Å²) in [7, 11) is 0. The van der Waals surface area contributed by atoms with Gasteiger partial charge in [0.1, 0.15) is 0 Å². The van der Waals surface area contributed by atoms with E-state index < -0.39 is 0 Å². The predicted molar refractivity (Wildman–Crippen MR) is 120 cm³/mol. The standard InChI is InChI=1S/C26H16S/c1-2-7-18-15-23-20(14-17(18)6-1)11-12-22-24(23)16-19-8-3-4-9-21(19)26(22)25-10-5-13-27-25/h1-16H. The van der Waals surface area contributed by atoms with Gasteiger partial charge in [0.25, 0.3) is 0 Å². The van der Waals surface area contributed by atoms with Gasteiger partial charge in [-0.25, -0.2) is 0 Å². The lowest BCUT2D eigenvalue weighted by Gasteiger charge is -2.13. The Hall–Kier alpha value is -3.16. The van der Waals surface area contributed by atoms with E-state index in [0.29, 0.717) is 0 Å². The maximum Gasteiger partial charge on any atom is 0.0355 e. The Morgan fingerprint density at radius 3 is 1.96 bits per heavy atom. The zero-order chi connectivity index (χ0) is 17.8. The van der Waals surface area contributed by atoms with Gasteiger partial charge >= 0.3 is 0 Å². The number of thiophene rings is 1. The molecule has 0 spiro atoms. The van der Waals surface area contributed by atoms with E-state index in [1.165, 1.54) is 53.5 Å². The summed E-state index contributed by atoms with van der Waals surface area (Å²) in [6.45, 7) is 0. The summed E-state index contributed by atoms with van der Waals surface area (Å²) in [4.78, 5) is 1.33. The van der Waals surface area contributed by atoms with Crippen LogP contribution in [0.2, 0.25) is 0 Å². The second kappa shape index (κ2) is 5.67. The van der Waals surface area contributed by atoms with Gasteiger partial charge in [-0.05, 0) is 72.7 Å². The molecule has 0 radical (unpaired) electrons. The highest BCUT2D eigenvalue weighted by Crippen LogP contribution is 2.41. The van der Waals surface area contributed by atoms with Gasteiger partial charge in [-0.15, -0.1) is 11.3 Å². The van der Waals surface area contributed by atoms with Crippen LogP contribution in [0.5, 0.6) is 0 Å². The molecule has 0 saturated carbocycles. The van der Waals surface area contributed by atoms with E-state index in [-0.39, 0.29) is 0 Å². The number of rotatable bonds is 1. The van der Waals surface area contributed by atoms with E-state index in [1.807, 2.05) is 11.3 Å². The molecule has 0 amide bonds. The summed E-state index contributed by atoms with van der Waals surface area (Å²) in [5.41, 5.74) is 1.35. The van der Waals surface area contributed by atoms with Crippen LogP contribution in [0, 0.1) is 0 Å². The fourth-order valence-corrected chi connectivity index (χ4v) is 5.05. The molecule has 0 bridgehead atoms. The molecule has 126 valence electrons. The maximum atomic E-state index is 2.36. The van der Waals surface area contributed by atoms with Gasteiger partial charge in [0.05, 0.1) is 0 Å². The van der Waals surface area contributed by atoms with Gasteiger partial charge in [0.2, 0.25) is 0 Å². The predicted octanol–water partition coefficient (Wildman–Crippen LogP) is 8.03. The number of hydrogen-bond donors (Lipinski definition) is 0. The van der Waals surface area contributed by atoms with Crippen LogP contribution >= 0.6 is 11.3 Å². The molecule has 0 aliphatic rings. The molecule has 0 fully saturated rings. The molecule has 0 atom stereocenters. The topological polar surface area (TPSA) is 0 Å². The molecule has 1 aromatic heterocycles. The number of benzene rings is 5. The first-order valence-corrected chi connectivity index (χ1v) is 10.1. The Balaban J connectivity index is 1.86. The Kier molecular flexibility index (Phi) is 3.14. The van der Waals surface area contributed by atoms with E-state index in [1.54, 1.807) is 0 Å². The Labute approximate surface area is 161 Å². The normalized spacial score (nSPS) is 11.7. The van der Waals surface area contributed by atoms with Crippen molar-refractivity contribution in [1.29, 1.82) is 0 Å². The summed E-state index contributed by atoms with van der Waals surface area (Å²) >= 11 is 1.81. The van der Waals surface area contributed by atoms with Crippen LogP contribution in [0.1, 0.15) is 0 Å². The van der Waals surface area contributed by atoms with Crippen molar-refractivity contribution in [2.24, 2.45) is 0 Å². The first-order chi connectivity index (χ1) is 13.4. The van der Waals surface area contributed by atoms with E-state index in [4.69, 9.17) is 0 Å². The molecule has 0 unspecified atom stereocenters. The summed E-state index contributed by atoms with van der Waals surface area (Å²) in [5.74, 6) is 0. The molecular formula is C26H16S. The SMILES string of the molecule is c1csc(-c2c3ccccc3cc3c2ccc2cc4ccccc4cc23)c1.